The standard InChI is InChI=1S/C8H11NO.HI/c1-6(9)7-2-4-8(10)5-3-7;/h2-6,10H,9H2,1H3;1H. The lowest BCUT2D eigenvalue weighted by Gasteiger charge is -2.03. The van der Waals surface area contributed by atoms with Crippen molar-refractivity contribution in [2.24, 2.45) is 5.73 Å². The van der Waals surface area contributed by atoms with Gasteiger partial charge in [-0.1, -0.05) is 12.1 Å². The van der Waals surface area contributed by atoms with Crippen molar-refractivity contribution < 1.29 is 5.11 Å². The summed E-state index contributed by atoms with van der Waals surface area (Å²) in [6.07, 6.45) is 0. The van der Waals surface area contributed by atoms with Gasteiger partial charge >= 0.3 is 0 Å². The van der Waals surface area contributed by atoms with Crippen LogP contribution in [-0.4, -0.2) is 5.11 Å². The normalized spacial score (nSPS) is 11.8. The van der Waals surface area contributed by atoms with Crippen LogP contribution in [0.25, 0.3) is 0 Å². The van der Waals surface area contributed by atoms with Crippen molar-refractivity contribution >= 4 is 24.0 Å². The molecule has 0 aromatic heterocycles. The van der Waals surface area contributed by atoms with E-state index < -0.39 is 0 Å². The fourth-order valence-corrected chi connectivity index (χ4v) is 0.778. The Morgan fingerprint density at radius 3 is 2.09 bits per heavy atom. The van der Waals surface area contributed by atoms with Crippen molar-refractivity contribution in [1.29, 1.82) is 0 Å². The molecule has 3 N–H and O–H groups in total. The zero-order valence-electron chi connectivity index (χ0n) is 6.32. The minimum Gasteiger partial charge on any atom is -0.508 e. The zero-order chi connectivity index (χ0) is 7.56. The third-order valence-electron chi connectivity index (χ3n) is 1.42. The summed E-state index contributed by atoms with van der Waals surface area (Å²) in [5.41, 5.74) is 6.62. The Bertz CT molecular complexity index is 208. The minimum absolute atomic E-state index is 0. The summed E-state index contributed by atoms with van der Waals surface area (Å²) in [7, 11) is 0. The summed E-state index contributed by atoms with van der Waals surface area (Å²) in [6.45, 7) is 1.91. The molecule has 0 amide bonds. The highest BCUT2D eigenvalue weighted by Crippen LogP contribution is 2.13. The molecule has 0 saturated carbocycles. The van der Waals surface area contributed by atoms with Gasteiger partial charge in [-0.2, -0.15) is 0 Å². The van der Waals surface area contributed by atoms with Crippen molar-refractivity contribution in [2.75, 3.05) is 0 Å². The van der Waals surface area contributed by atoms with Gasteiger partial charge in [0.15, 0.2) is 0 Å². The van der Waals surface area contributed by atoms with Crippen molar-refractivity contribution in [3.05, 3.63) is 29.8 Å². The molecule has 11 heavy (non-hydrogen) atoms. The van der Waals surface area contributed by atoms with E-state index in [1.54, 1.807) is 12.1 Å². The van der Waals surface area contributed by atoms with Gasteiger partial charge in [0.05, 0.1) is 0 Å². The van der Waals surface area contributed by atoms with Crippen LogP contribution < -0.4 is 5.73 Å². The number of phenolic OH excluding ortho intramolecular Hbond substituents is 1. The van der Waals surface area contributed by atoms with E-state index in [2.05, 4.69) is 0 Å². The molecular weight excluding hydrogens is 253 g/mol. The molecule has 0 fully saturated rings. The molecule has 0 aliphatic rings. The summed E-state index contributed by atoms with van der Waals surface area (Å²) >= 11 is 0. The van der Waals surface area contributed by atoms with Gasteiger partial charge in [0.25, 0.3) is 0 Å². The van der Waals surface area contributed by atoms with Gasteiger partial charge in [0.2, 0.25) is 0 Å². The summed E-state index contributed by atoms with van der Waals surface area (Å²) in [5.74, 6) is 0.282. The lowest BCUT2D eigenvalue weighted by molar-refractivity contribution is 0.475. The molecule has 0 saturated heterocycles. The van der Waals surface area contributed by atoms with Crippen LogP contribution in [-0.2, 0) is 0 Å². The maximum atomic E-state index is 8.90. The van der Waals surface area contributed by atoms with Crippen LogP contribution in [0.15, 0.2) is 24.3 Å². The minimum atomic E-state index is 0. The molecule has 1 aromatic rings. The largest absolute Gasteiger partial charge is 0.508 e. The van der Waals surface area contributed by atoms with Crippen LogP contribution in [0.2, 0.25) is 0 Å². The lowest BCUT2D eigenvalue weighted by Crippen LogP contribution is -2.03. The molecule has 0 aliphatic carbocycles. The Morgan fingerprint density at radius 1 is 1.27 bits per heavy atom. The third-order valence-corrected chi connectivity index (χ3v) is 1.42. The van der Waals surface area contributed by atoms with Gasteiger partial charge in [-0.05, 0) is 24.6 Å². The first-order valence-corrected chi connectivity index (χ1v) is 3.24. The van der Waals surface area contributed by atoms with E-state index in [1.165, 1.54) is 0 Å². The quantitative estimate of drug-likeness (QED) is 0.763. The van der Waals surface area contributed by atoms with Crippen molar-refractivity contribution in [1.82, 2.24) is 0 Å². The molecule has 0 aliphatic heterocycles. The van der Waals surface area contributed by atoms with Gasteiger partial charge in [0.1, 0.15) is 5.75 Å². The molecule has 1 atom stereocenters. The smallest absolute Gasteiger partial charge is 0.115 e. The topological polar surface area (TPSA) is 46.2 Å². The molecule has 1 unspecified atom stereocenters. The molecule has 0 bridgehead atoms. The first-order valence-electron chi connectivity index (χ1n) is 3.24. The number of halogens is 1. The molecule has 0 spiro atoms. The second-order valence-electron chi connectivity index (χ2n) is 2.38. The van der Waals surface area contributed by atoms with Crippen LogP contribution in [0, 0.1) is 0 Å². The lowest BCUT2D eigenvalue weighted by atomic mass is 10.1. The number of benzene rings is 1. The second kappa shape index (κ2) is 4.56. The molecule has 0 radical (unpaired) electrons. The first-order chi connectivity index (χ1) is 4.70. The fraction of sp³-hybridized carbons (Fsp3) is 0.250. The van der Waals surface area contributed by atoms with Crippen molar-refractivity contribution in [3.8, 4) is 5.75 Å². The number of phenols is 1. The highest BCUT2D eigenvalue weighted by Gasteiger charge is 1.96. The summed E-state index contributed by atoms with van der Waals surface area (Å²) in [5, 5.41) is 8.90. The van der Waals surface area contributed by atoms with E-state index in [-0.39, 0.29) is 35.8 Å². The molecule has 1 rings (SSSR count). The summed E-state index contributed by atoms with van der Waals surface area (Å²) in [4.78, 5) is 0. The van der Waals surface area contributed by atoms with Crippen LogP contribution in [0.4, 0.5) is 0 Å². The zero-order valence-corrected chi connectivity index (χ0v) is 8.65. The molecule has 2 nitrogen and oxygen atoms in total. The van der Waals surface area contributed by atoms with Gasteiger partial charge in [-0.25, -0.2) is 0 Å². The number of rotatable bonds is 1. The number of hydrogen-bond donors (Lipinski definition) is 2. The summed E-state index contributed by atoms with van der Waals surface area (Å²) in [6, 6.07) is 6.96. The van der Waals surface area contributed by atoms with Crippen molar-refractivity contribution in [3.63, 3.8) is 0 Å². The predicted octanol–water partition coefficient (Wildman–Crippen LogP) is 2.03. The maximum Gasteiger partial charge on any atom is 0.115 e. The second-order valence-corrected chi connectivity index (χ2v) is 2.38. The molecular formula is C8H12INO. The highest BCUT2D eigenvalue weighted by molar-refractivity contribution is 14.0. The first kappa shape index (κ1) is 10.7. The summed E-state index contributed by atoms with van der Waals surface area (Å²) < 4.78 is 0. The Balaban J connectivity index is 0.000001000. The Hall–Kier alpha value is -0.290. The molecule has 0 heterocycles. The van der Waals surface area contributed by atoms with Crippen LogP contribution in [0.1, 0.15) is 18.5 Å². The number of aromatic hydroxyl groups is 1. The highest BCUT2D eigenvalue weighted by atomic mass is 127. The maximum absolute atomic E-state index is 8.90. The third kappa shape index (κ3) is 3.07. The van der Waals surface area contributed by atoms with Crippen LogP contribution in [0.5, 0.6) is 5.75 Å². The van der Waals surface area contributed by atoms with Crippen LogP contribution >= 0.6 is 24.0 Å². The fourth-order valence-electron chi connectivity index (χ4n) is 0.778. The van der Waals surface area contributed by atoms with E-state index in [0.29, 0.717) is 0 Å². The Labute approximate surface area is 83.4 Å². The Kier molecular flexibility index (Phi) is 4.44. The van der Waals surface area contributed by atoms with Crippen molar-refractivity contribution in [2.45, 2.75) is 13.0 Å². The molecule has 1 aromatic carbocycles. The molecule has 3 heteroatoms. The van der Waals surface area contributed by atoms with Gasteiger partial charge in [-0.3, -0.25) is 0 Å². The van der Waals surface area contributed by atoms with E-state index in [0.717, 1.165) is 5.56 Å². The number of nitrogens with two attached hydrogens (primary N) is 1. The van der Waals surface area contributed by atoms with E-state index in [1.807, 2.05) is 19.1 Å². The monoisotopic (exact) mass is 265 g/mol. The predicted molar refractivity (Wildman–Crippen MR) is 56.1 cm³/mol. The van der Waals surface area contributed by atoms with E-state index in [4.69, 9.17) is 10.8 Å². The van der Waals surface area contributed by atoms with Crippen LogP contribution in [0.3, 0.4) is 0 Å². The number of hydrogen-bond acceptors (Lipinski definition) is 2. The van der Waals surface area contributed by atoms with Gasteiger partial charge in [-0.15, -0.1) is 24.0 Å². The van der Waals surface area contributed by atoms with Gasteiger partial charge in [0, 0.05) is 6.04 Å². The molecule has 62 valence electrons. The van der Waals surface area contributed by atoms with E-state index >= 15 is 0 Å². The average molecular weight is 265 g/mol. The average Bonchev–Trinajstić information content (AvgIpc) is 1.88. The SMILES string of the molecule is CC(N)c1ccc(O)cc1.I. The van der Waals surface area contributed by atoms with Gasteiger partial charge < -0.3 is 10.8 Å². The Morgan fingerprint density at radius 2 is 1.73 bits per heavy atom. The van der Waals surface area contributed by atoms with E-state index in [9.17, 15) is 0 Å².